The molecule has 1 fully saturated rings. The minimum Gasteiger partial charge on any atom is -0.337 e. The maximum atomic E-state index is 13.1. The number of urea groups is 1. The lowest BCUT2D eigenvalue weighted by Crippen LogP contribution is -2.38. The van der Waals surface area contributed by atoms with E-state index in [0.717, 1.165) is 38.0 Å². The Hall–Kier alpha value is -2.21. The molecule has 39 heavy (non-hydrogen) atoms. The number of anilines is 1. The Labute approximate surface area is 233 Å². The number of alkyl halides is 6. The number of hydrogen-bond acceptors (Lipinski definition) is 3. The predicted octanol–water partition coefficient (Wildman–Crippen LogP) is 7.40. The van der Waals surface area contributed by atoms with Crippen LogP contribution in [0.4, 0.5) is 36.8 Å². The number of carbonyl (C=O) groups is 1. The standard InChI is InChI=1S/C26H30Cl2F6N4O/c1-2-38-9-3-4-21(38)15-35-8-7-17(16-5-6-22(27)23(28)10-16)14-36-24(39)37-20-12-18(25(29,30)31)11-19(13-20)26(32,33)34/h5-6,10-13,17,21,35H,2-4,7-9,14-15H2,1H3,(H2,36,37,39). The topological polar surface area (TPSA) is 56.4 Å². The zero-order chi connectivity index (χ0) is 28.8. The Morgan fingerprint density at radius 1 is 1.03 bits per heavy atom. The molecule has 0 aliphatic carbocycles. The largest absolute Gasteiger partial charge is 0.416 e. The summed E-state index contributed by atoms with van der Waals surface area (Å²) in [5.74, 6) is -0.254. The maximum absolute atomic E-state index is 13.1. The summed E-state index contributed by atoms with van der Waals surface area (Å²) in [6.07, 6.45) is -7.19. The second-order valence-corrected chi connectivity index (χ2v) is 10.2. The highest BCUT2D eigenvalue weighted by Gasteiger charge is 2.37. The van der Waals surface area contributed by atoms with Crippen molar-refractivity contribution in [1.82, 2.24) is 15.5 Å². The van der Waals surface area contributed by atoms with E-state index in [-0.39, 0.29) is 18.5 Å². The van der Waals surface area contributed by atoms with Crippen molar-refractivity contribution in [2.24, 2.45) is 0 Å². The summed E-state index contributed by atoms with van der Waals surface area (Å²) in [5.41, 5.74) is -2.88. The number of hydrogen-bond donors (Lipinski definition) is 3. The third-order valence-electron chi connectivity index (χ3n) is 6.72. The van der Waals surface area contributed by atoms with Crippen molar-refractivity contribution < 1.29 is 31.1 Å². The fourth-order valence-electron chi connectivity index (χ4n) is 4.66. The lowest BCUT2D eigenvalue weighted by molar-refractivity contribution is -0.143. The number of halogens is 8. The van der Waals surface area contributed by atoms with E-state index in [1.165, 1.54) is 0 Å². The van der Waals surface area contributed by atoms with Crippen molar-refractivity contribution in [3.63, 3.8) is 0 Å². The number of benzene rings is 2. The average Bonchev–Trinajstić information content (AvgIpc) is 3.31. The summed E-state index contributed by atoms with van der Waals surface area (Å²) in [4.78, 5) is 14.9. The average molecular weight is 599 g/mol. The summed E-state index contributed by atoms with van der Waals surface area (Å²) in [6.45, 7) is 5.66. The molecule has 1 aliphatic heterocycles. The number of rotatable bonds is 10. The molecule has 3 N–H and O–H groups in total. The molecule has 216 valence electrons. The molecule has 2 unspecified atom stereocenters. The van der Waals surface area contributed by atoms with Gasteiger partial charge in [-0.15, -0.1) is 0 Å². The zero-order valence-corrected chi connectivity index (χ0v) is 22.7. The molecule has 2 aromatic carbocycles. The van der Waals surface area contributed by atoms with Gasteiger partial charge in [-0.05, 0) is 74.8 Å². The maximum Gasteiger partial charge on any atom is 0.416 e. The number of likely N-dealkylation sites (N-methyl/N-ethyl adjacent to an activating group) is 1. The van der Waals surface area contributed by atoms with Crippen LogP contribution in [0, 0.1) is 0 Å². The van der Waals surface area contributed by atoms with Crippen molar-refractivity contribution in [1.29, 1.82) is 0 Å². The Bertz CT molecular complexity index is 1100. The fraction of sp³-hybridized carbons (Fsp3) is 0.500. The predicted molar refractivity (Wildman–Crippen MR) is 140 cm³/mol. The lowest BCUT2D eigenvalue weighted by Gasteiger charge is -2.24. The minimum atomic E-state index is -5.02. The molecule has 0 radical (unpaired) electrons. The minimum absolute atomic E-state index is 0.00168. The highest BCUT2D eigenvalue weighted by Crippen LogP contribution is 2.37. The lowest BCUT2D eigenvalue weighted by atomic mass is 9.95. The summed E-state index contributed by atoms with van der Waals surface area (Å²) in [5, 5.41) is 8.77. The molecule has 1 heterocycles. The number of likely N-dealkylation sites (tertiary alicyclic amines) is 1. The molecule has 0 bridgehead atoms. The van der Waals surface area contributed by atoms with E-state index in [1.807, 2.05) is 0 Å². The van der Waals surface area contributed by atoms with Crippen LogP contribution in [0.5, 0.6) is 0 Å². The fourth-order valence-corrected chi connectivity index (χ4v) is 4.97. The number of amides is 2. The summed E-state index contributed by atoms with van der Waals surface area (Å²) in [7, 11) is 0. The SMILES string of the molecule is CCN1CCCC1CNCCC(CNC(=O)Nc1cc(C(F)(F)F)cc(C(F)(F)F)c1)c1ccc(Cl)c(Cl)c1. The van der Waals surface area contributed by atoms with E-state index >= 15 is 0 Å². The van der Waals surface area contributed by atoms with E-state index in [0.29, 0.717) is 41.2 Å². The molecular weight excluding hydrogens is 569 g/mol. The summed E-state index contributed by atoms with van der Waals surface area (Å²) in [6, 6.07) is 5.49. The van der Waals surface area contributed by atoms with Gasteiger partial charge in [0, 0.05) is 30.7 Å². The van der Waals surface area contributed by atoms with Gasteiger partial charge in [0.1, 0.15) is 0 Å². The van der Waals surface area contributed by atoms with Crippen molar-refractivity contribution in [2.75, 3.05) is 38.0 Å². The molecule has 2 aromatic rings. The molecule has 1 aliphatic rings. The van der Waals surface area contributed by atoms with Crippen molar-refractivity contribution in [3.8, 4) is 0 Å². The van der Waals surface area contributed by atoms with Gasteiger partial charge in [-0.25, -0.2) is 4.79 Å². The van der Waals surface area contributed by atoms with Crippen molar-refractivity contribution in [2.45, 2.75) is 50.5 Å². The Balaban J connectivity index is 1.66. The molecule has 0 aromatic heterocycles. The number of nitrogens with zero attached hydrogens (tertiary/aromatic N) is 1. The number of carbonyl (C=O) groups excluding carboxylic acids is 1. The van der Waals surface area contributed by atoms with Gasteiger partial charge in [0.05, 0.1) is 21.2 Å². The van der Waals surface area contributed by atoms with Gasteiger partial charge in [-0.2, -0.15) is 26.3 Å². The summed E-state index contributed by atoms with van der Waals surface area (Å²) < 4.78 is 78.8. The van der Waals surface area contributed by atoms with Crippen LogP contribution in [-0.4, -0.2) is 49.7 Å². The molecule has 3 rings (SSSR count). The van der Waals surface area contributed by atoms with Gasteiger partial charge < -0.3 is 16.0 Å². The summed E-state index contributed by atoms with van der Waals surface area (Å²) >= 11 is 12.2. The van der Waals surface area contributed by atoms with Crippen LogP contribution in [0.15, 0.2) is 36.4 Å². The Kier molecular flexibility index (Phi) is 10.8. The van der Waals surface area contributed by atoms with Gasteiger partial charge in [-0.3, -0.25) is 4.90 Å². The molecule has 0 saturated carbocycles. The molecule has 13 heteroatoms. The highest BCUT2D eigenvalue weighted by molar-refractivity contribution is 6.42. The normalized spacial score (nSPS) is 17.3. The van der Waals surface area contributed by atoms with Crippen molar-refractivity contribution in [3.05, 3.63) is 63.1 Å². The van der Waals surface area contributed by atoms with E-state index in [1.54, 1.807) is 18.2 Å². The third-order valence-corrected chi connectivity index (χ3v) is 7.46. The van der Waals surface area contributed by atoms with Gasteiger partial charge in [0.15, 0.2) is 0 Å². The van der Waals surface area contributed by atoms with Crippen LogP contribution in [0.3, 0.4) is 0 Å². The van der Waals surface area contributed by atoms with Crippen LogP contribution < -0.4 is 16.0 Å². The van der Waals surface area contributed by atoms with E-state index in [9.17, 15) is 31.1 Å². The molecular formula is C26H30Cl2F6N4O. The van der Waals surface area contributed by atoms with Gasteiger partial charge in [-0.1, -0.05) is 36.2 Å². The van der Waals surface area contributed by atoms with Crippen LogP contribution >= 0.6 is 23.2 Å². The first-order valence-corrected chi connectivity index (χ1v) is 13.3. The Morgan fingerprint density at radius 3 is 2.28 bits per heavy atom. The third kappa shape index (κ3) is 9.16. The van der Waals surface area contributed by atoms with Crippen LogP contribution in [0.1, 0.15) is 48.8 Å². The zero-order valence-electron chi connectivity index (χ0n) is 21.2. The van der Waals surface area contributed by atoms with E-state index in [4.69, 9.17) is 23.2 Å². The Morgan fingerprint density at radius 2 is 1.69 bits per heavy atom. The molecule has 0 spiro atoms. The smallest absolute Gasteiger partial charge is 0.337 e. The first-order chi connectivity index (χ1) is 18.3. The number of nitrogens with one attached hydrogen (secondary N) is 3. The van der Waals surface area contributed by atoms with Gasteiger partial charge in [0.2, 0.25) is 0 Å². The van der Waals surface area contributed by atoms with Crippen LogP contribution in [-0.2, 0) is 12.4 Å². The first kappa shape index (κ1) is 31.3. The van der Waals surface area contributed by atoms with Crippen molar-refractivity contribution >= 4 is 34.9 Å². The van der Waals surface area contributed by atoms with E-state index in [2.05, 4.69) is 27.8 Å². The van der Waals surface area contributed by atoms with Gasteiger partial charge >= 0.3 is 18.4 Å². The molecule has 2 amide bonds. The second kappa shape index (κ2) is 13.4. The van der Waals surface area contributed by atoms with E-state index < -0.39 is 35.2 Å². The monoisotopic (exact) mass is 598 g/mol. The quantitative estimate of drug-likeness (QED) is 0.197. The highest BCUT2D eigenvalue weighted by atomic mass is 35.5. The second-order valence-electron chi connectivity index (χ2n) is 9.42. The molecule has 1 saturated heterocycles. The first-order valence-electron chi connectivity index (χ1n) is 12.5. The van der Waals surface area contributed by atoms with Crippen LogP contribution in [0.2, 0.25) is 10.0 Å². The van der Waals surface area contributed by atoms with Gasteiger partial charge in [0.25, 0.3) is 0 Å². The van der Waals surface area contributed by atoms with Crippen LogP contribution in [0.25, 0.3) is 0 Å². The molecule has 5 nitrogen and oxygen atoms in total. The molecule has 2 atom stereocenters.